The van der Waals surface area contributed by atoms with Crippen LogP contribution < -0.4 is 5.32 Å². The third-order valence-corrected chi connectivity index (χ3v) is 1.74. The molecule has 1 aromatic heterocycles. The smallest absolute Gasteiger partial charge is 0.0844 e. The molecule has 3 heteroatoms. The largest absolute Gasteiger partial charge is 0.299 e. The summed E-state index contributed by atoms with van der Waals surface area (Å²) in [6, 6.07) is 7.99. The summed E-state index contributed by atoms with van der Waals surface area (Å²) in [4.78, 5) is 4.39. The van der Waals surface area contributed by atoms with Gasteiger partial charge in [-0.3, -0.25) is 10.3 Å². The van der Waals surface area contributed by atoms with E-state index in [0.717, 1.165) is 17.8 Å². The van der Waals surface area contributed by atoms with Crippen molar-refractivity contribution in [2.75, 3.05) is 6.54 Å². The predicted molar refractivity (Wildman–Crippen MR) is 50.9 cm³/mol. The molecule has 0 aliphatic rings. The molecule has 1 rings (SSSR count). The minimum absolute atomic E-state index is 0.373. The highest BCUT2D eigenvalue weighted by atomic mass is 14.9. The second-order valence-corrected chi connectivity index (χ2v) is 2.74. The monoisotopic (exact) mass is 175 g/mol. The average molecular weight is 175 g/mol. The molecular weight excluding hydrogens is 162 g/mol. The second kappa shape index (κ2) is 5.28. The van der Waals surface area contributed by atoms with E-state index in [9.17, 15) is 0 Å². The highest BCUT2D eigenvalue weighted by Gasteiger charge is 1.94. The first-order valence-electron chi connectivity index (χ1n) is 4.39. The van der Waals surface area contributed by atoms with Gasteiger partial charge in [0.25, 0.3) is 0 Å². The zero-order chi connectivity index (χ0) is 9.52. The highest BCUT2D eigenvalue weighted by Crippen LogP contribution is 1.99. The van der Waals surface area contributed by atoms with Crippen LogP contribution in [-0.4, -0.2) is 11.5 Å². The third-order valence-electron chi connectivity index (χ3n) is 1.74. The maximum Gasteiger partial charge on any atom is 0.0844 e. The SMILES string of the molecule is CCc1cccc(CNCC#N)n1. The van der Waals surface area contributed by atoms with Crippen molar-refractivity contribution < 1.29 is 0 Å². The average Bonchev–Trinajstić information content (AvgIpc) is 2.19. The van der Waals surface area contributed by atoms with E-state index in [1.54, 1.807) is 0 Å². The van der Waals surface area contributed by atoms with Crippen LogP contribution in [0, 0.1) is 11.3 Å². The van der Waals surface area contributed by atoms with Crippen molar-refractivity contribution >= 4 is 0 Å². The van der Waals surface area contributed by atoms with Crippen LogP contribution in [0.3, 0.4) is 0 Å². The van der Waals surface area contributed by atoms with Crippen molar-refractivity contribution in [1.29, 1.82) is 5.26 Å². The summed E-state index contributed by atoms with van der Waals surface area (Å²) in [6.45, 7) is 3.12. The van der Waals surface area contributed by atoms with E-state index in [2.05, 4.69) is 17.2 Å². The van der Waals surface area contributed by atoms with Gasteiger partial charge < -0.3 is 0 Å². The van der Waals surface area contributed by atoms with Crippen LogP contribution in [-0.2, 0) is 13.0 Å². The molecule has 0 atom stereocenters. The van der Waals surface area contributed by atoms with Gasteiger partial charge in [-0.2, -0.15) is 5.26 Å². The van der Waals surface area contributed by atoms with Crippen LogP contribution in [0.5, 0.6) is 0 Å². The van der Waals surface area contributed by atoms with Crippen LogP contribution >= 0.6 is 0 Å². The number of pyridine rings is 1. The number of nitrogens with one attached hydrogen (secondary N) is 1. The standard InChI is InChI=1S/C10H13N3/c1-2-9-4-3-5-10(13-9)8-12-7-6-11/h3-5,12H,2,7-8H2,1H3. The molecule has 1 N–H and O–H groups in total. The Bertz CT molecular complexity index is 301. The summed E-state index contributed by atoms with van der Waals surface area (Å²) < 4.78 is 0. The lowest BCUT2D eigenvalue weighted by Crippen LogP contribution is -2.14. The molecule has 1 heterocycles. The minimum Gasteiger partial charge on any atom is -0.299 e. The van der Waals surface area contributed by atoms with E-state index in [0.29, 0.717) is 13.1 Å². The van der Waals surface area contributed by atoms with E-state index >= 15 is 0 Å². The molecule has 0 aliphatic heterocycles. The van der Waals surface area contributed by atoms with E-state index in [1.807, 2.05) is 24.3 Å². The molecule has 3 nitrogen and oxygen atoms in total. The lowest BCUT2D eigenvalue weighted by atomic mass is 10.2. The van der Waals surface area contributed by atoms with Gasteiger partial charge in [-0.25, -0.2) is 0 Å². The lowest BCUT2D eigenvalue weighted by molar-refractivity contribution is 0.739. The molecule has 1 aromatic rings. The van der Waals surface area contributed by atoms with Gasteiger partial charge in [-0.15, -0.1) is 0 Å². The van der Waals surface area contributed by atoms with Crippen molar-refractivity contribution in [3.63, 3.8) is 0 Å². The Morgan fingerprint density at radius 2 is 2.23 bits per heavy atom. The zero-order valence-electron chi connectivity index (χ0n) is 7.75. The normalized spacial score (nSPS) is 9.54. The van der Waals surface area contributed by atoms with Gasteiger partial charge in [0.2, 0.25) is 0 Å². The fourth-order valence-electron chi connectivity index (χ4n) is 1.07. The van der Waals surface area contributed by atoms with Crippen LogP contribution in [0.4, 0.5) is 0 Å². The molecular formula is C10H13N3. The summed E-state index contributed by atoms with van der Waals surface area (Å²) in [6.07, 6.45) is 0.950. The molecule has 0 radical (unpaired) electrons. The Kier molecular flexibility index (Phi) is 3.94. The Balaban J connectivity index is 2.52. The Hall–Kier alpha value is -1.40. The number of nitriles is 1. The Morgan fingerprint density at radius 3 is 2.92 bits per heavy atom. The van der Waals surface area contributed by atoms with Crippen molar-refractivity contribution in [1.82, 2.24) is 10.3 Å². The van der Waals surface area contributed by atoms with E-state index in [4.69, 9.17) is 5.26 Å². The molecule has 0 fully saturated rings. The first kappa shape index (κ1) is 9.69. The number of nitrogens with zero attached hydrogens (tertiary/aromatic N) is 2. The summed E-state index contributed by atoms with van der Waals surface area (Å²) >= 11 is 0. The molecule has 68 valence electrons. The molecule has 0 bridgehead atoms. The topological polar surface area (TPSA) is 48.7 Å². The van der Waals surface area contributed by atoms with Crippen LogP contribution in [0.25, 0.3) is 0 Å². The van der Waals surface area contributed by atoms with Gasteiger partial charge in [0.15, 0.2) is 0 Å². The quantitative estimate of drug-likeness (QED) is 0.553. The van der Waals surface area contributed by atoms with Gasteiger partial charge in [-0.1, -0.05) is 13.0 Å². The zero-order valence-corrected chi connectivity index (χ0v) is 7.75. The Morgan fingerprint density at radius 1 is 1.46 bits per heavy atom. The van der Waals surface area contributed by atoms with Gasteiger partial charge in [0, 0.05) is 12.2 Å². The molecule has 0 saturated carbocycles. The summed E-state index contributed by atoms with van der Waals surface area (Å²) in [7, 11) is 0. The summed E-state index contributed by atoms with van der Waals surface area (Å²) in [5.41, 5.74) is 2.09. The van der Waals surface area contributed by atoms with Gasteiger partial charge in [-0.05, 0) is 18.6 Å². The second-order valence-electron chi connectivity index (χ2n) is 2.74. The molecule has 0 unspecified atom stereocenters. The predicted octanol–water partition coefficient (Wildman–Crippen LogP) is 1.26. The van der Waals surface area contributed by atoms with Crippen molar-refractivity contribution in [2.45, 2.75) is 19.9 Å². The van der Waals surface area contributed by atoms with E-state index in [-0.39, 0.29) is 0 Å². The molecule has 0 spiro atoms. The number of rotatable bonds is 4. The van der Waals surface area contributed by atoms with Gasteiger partial charge >= 0.3 is 0 Å². The summed E-state index contributed by atoms with van der Waals surface area (Å²) in [5.74, 6) is 0. The minimum atomic E-state index is 0.373. The maximum absolute atomic E-state index is 8.31. The maximum atomic E-state index is 8.31. The summed E-state index contributed by atoms with van der Waals surface area (Å²) in [5, 5.41) is 11.3. The van der Waals surface area contributed by atoms with Crippen LogP contribution in [0.1, 0.15) is 18.3 Å². The molecule has 0 aliphatic carbocycles. The third kappa shape index (κ3) is 3.22. The fourth-order valence-corrected chi connectivity index (χ4v) is 1.07. The van der Waals surface area contributed by atoms with Crippen molar-refractivity contribution in [3.8, 4) is 6.07 Å². The molecule has 0 amide bonds. The van der Waals surface area contributed by atoms with Gasteiger partial charge in [0.05, 0.1) is 18.3 Å². The molecule has 0 saturated heterocycles. The number of aryl methyl sites for hydroxylation is 1. The van der Waals surface area contributed by atoms with Crippen LogP contribution in [0.2, 0.25) is 0 Å². The highest BCUT2D eigenvalue weighted by molar-refractivity contribution is 5.11. The fraction of sp³-hybridized carbons (Fsp3) is 0.400. The van der Waals surface area contributed by atoms with Crippen molar-refractivity contribution in [3.05, 3.63) is 29.6 Å². The lowest BCUT2D eigenvalue weighted by Gasteiger charge is -2.01. The van der Waals surface area contributed by atoms with E-state index in [1.165, 1.54) is 0 Å². The Labute approximate surface area is 78.4 Å². The van der Waals surface area contributed by atoms with Crippen LogP contribution in [0.15, 0.2) is 18.2 Å². The number of hydrogen-bond acceptors (Lipinski definition) is 3. The number of hydrogen-bond donors (Lipinski definition) is 1. The van der Waals surface area contributed by atoms with Crippen molar-refractivity contribution in [2.24, 2.45) is 0 Å². The molecule has 0 aromatic carbocycles. The van der Waals surface area contributed by atoms with E-state index < -0.39 is 0 Å². The first-order chi connectivity index (χ1) is 6.36. The molecule has 13 heavy (non-hydrogen) atoms. The van der Waals surface area contributed by atoms with Gasteiger partial charge in [0.1, 0.15) is 0 Å². The first-order valence-corrected chi connectivity index (χ1v) is 4.39. The number of aromatic nitrogens is 1.